The molecular formula is C45H62Br2ClF4N9O4. The van der Waals surface area contributed by atoms with Crippen LogP contribution in [0.4, 0.5) is 17.6 Å². The zero-order chi connectivity index (χ0) is 47.7. The highest BCUT2D eigenvalue weighted by molar-refractivity contribution is 9.11. The minimum absolute atomic E-state index is 0. The number of ether oxygens (including phenoxy) is 4. The predicted octanol–water partition coefficient (Wildman–Crippen LogP) is 9.75. The largest absolute Gasteiger partial charge is 0.492 e. The van der Waals surface area contributed by atoms with Gasteiger partial charge in [0.15, 0.2) is 5.96 Å². The molecule has 4 aromatic carbocycles. The molecule has 0 unspecified atom stereocenters. The summed E-state index contributed by atoms with van der Waals surface area (Å²) < 4.78 is 69.9. The zero-order valence-corrected chi connectivity index (χ0v) is 40.1. The molecule has 0 saturated heterocycles. The van der Waals surface area contributed by atoms with E-state index in [-0.39, 0.29) is 39.9 Å². The van der Waals surface area contributed by atoms with Crippen LogP contribution in [-0.2, 0) is 26.2 Å². The molecule has 0 amide bonds. The first-order valence-electron chi connectivity index (χ1n) is 19.7. The van der Waals surface area contributed by atoms with Gasteiger partial charge in [0.2, 0.25) is 0 Å². The maximum atomic E-state index is 11.9. The second kappa shape index (κ2) is 36.0. The van der Waals surface area contributed by atoms with Crippen LogP contribution in [0.2, 0.25) is 5.02 Å². The lowest BCUT2D eigenvalue weighted by Crippen LogP contribution is -2.22. The molecule has 0 aliphatic heterocycles. The highest BCUT2D eigenvalue weighted by atomic mass is 79.9. The third-order valence-corrected chi connectivity index (χ3v) is 8.98. The van der Waals surface area contributed by atoms with E-state index in [0.717, 1.165) is 36.9 Å². The van der Waals surface area contributed by atoms with Crippen molar-refractivity contribution in [1.82, 2.24) is 0 Å². The molecule has 0 aromatic heterocycles. The molecule has 0 aliphatic carbocycles. The van der Waals surface area contributed by atoms with E-state index in [4.69, 9.17) is 59.2 Å². The van der Waals surface area contributed by atoms with Crippen molar-refractivity contribution in [3.63, 3.8) is 0 Å². The number of amidine groups is 3. The number of halogens is 7. The maximum absolute atomic E-state index is 11.9. The fourth-order valence-corrected chi connectivity index (χ4v) is 5.83. The van der Waals surface area contributed by atoms with E-state index in [1.165, 1.54) is 0 Å². The van der Waals surface area contributed by atoms with E-state index in [9.17, 15) is 17.6 Å². The molecule has 4 rings (SSSR count). The summed E-state index contributed by atoms with van der Waals surface area (Å²) in [7, 11) is 0. The van der Waals surface area contributed by atoms with Gasteiger partial charge in [-0.1, -0.05) is 49.4 Å². The molecule has 0 saturated carbocycles. The first-order chi connectivity index (χ1) is 30.6. The van der Waals surface area contributed by atoms with Crippen LogP contribution in [0.5, 0.6) is 23.0 Å². The minimum Gasteiger partial charge on any atom is -0.492 e. The van der Waals surface area contributed by atoms with E-state index in [0.29, 0.717) is 79.0 Å². The molecule has 0 fully saturated rings. The molecule has 0 radical (unpaired) electrons. The average Bonchev–Trinajstić information content (AvgIpc) is 3.26. The summed E-state index contributed by atoms with van der Waals surface area (Å²) in [5, 5.41) is 0.454. The normalized spacial score (nSPS) is 11.0. The molecule has 13 nitrogen and oxygen atoms in total. The molecule has 65 heavy (non-hydrogen) atoms. The first kappa shape index (κ1) is 59.7. The van der Waals surface area contributed by atoms with Crippen LogP contribution in [-0.4, -0.2) is 76.6 Å². The topological polar surface area (TPSA) is 216 Å². The van der Waals surface area contributed by atoms with Gasteiger partial charge < -0.3 is 47.6 Å². The summed E-state index contributed by atoms with van der Waals surface area (Å²) in [6.45, 7) is 5.88. The number of nitrogens with zero attached hydrogens (tertiary/aromatic N) is 4. The van der Waals surface area contributed by atoms with E-state index in [2.05, 4.69) is 51.8 Å². The van der Waals surface area contributed by atoms with Gasteiger partial charge in [-0.3, -0.25) is 19.4 Å². The van der Waals surface area contributed by atoms with Gasteiger partial charge in [-0.25, -0.2) is 18.2 Å². The molecule has 4 aromatic rings. The third kappa shape index (κ3) is 29.0. The Hall–Kier alpha value is -5.27. The fraction of sp³-hybridized carbons (Fsp3) is 0.378. The molecule has 0 bridgehead atoms. The summed E-state index contributed by atoms with van der Waals surface area (Å²) in [5.41, 5.74) is 30.7. The summed E-state index contributed by atoms with van der Waals surface area (Å²) in [6.07, 6.45) is 0.408. The lowest BCUT2D eigenvalue weighted by Gasteiger charge is -2.08. The zero-order valence-electron chi connectivity index (χ0n) is 36.2. The Morgan fingerprint density at radius 2 is 0.862 bits per heavy atom. The van der Waals surface area contributed by atoms with Crippen molar-refractivity contribution in [1.29, 1.82) is 0 Å². The Kier molecular flexibility index (Phi) is 33.1. The molecule has 0 atom stereocenters. The number of rotatable bonds is 21. The van der Waals surface area contributed by atoms with Crippen molar-refractivity contribution >= 4 is 66.9 Å². The Balaban J connectivity index is 0.000000837. The van der Waals surface area contributed by atoms with Crippen LogP contribution in [0.3, 0.4) is 0 Å². The molecule has 360 valence electrons. The Morgan fingerprint density at radius 1 is 0.492 bits per heavy atom. The SMILES string of the molecule is C.CC(N)=NCc1ccc(OCCC[18F])c(Br)c1.CC(N)=NCc1ccc(OCC[18F])c(Cl)c1.CC(N)=NCc1ccc(OCC[18F])cc1.NC(N)=NCc1ccc(OCC[18F])c(Br)c1. The van der Waals surface area contributed by atoms with Gasteiger partial charge >= 0.3 is 0 Å². The minimum atomic E-state index is -0.533. The van der Waals surface area contributed by atoms with Gasteiger partial charge in [-0.05, 0) is 123 Å². The van der Waals surface area contributed by atoms with Crippen molar-refractivity contribution in [3.05, 3.63) is 115 Å². The summed E-state index contributed by atoms with van der Waals surface area (Å²) in [6, 6.07) is 23.7. The van der Waals surface area contributed by atoms with E-state index < -0.39 is 20.0 Å². The van der Waals surface area contributed by atoms with Crippen molar-refractivity contribution < 1.29 is 36.5 Å². The number of hydrogen-bond acceptors (Lipinski definition) is 8. The van der Waals surface area contributed by atoms with Crippen molar-refractivity contribution in [3.8, 4) is 23.0 Å². The summed E-state index contributed by atoms with van der Waals surface area (Å²) >= 11 is 12.7. The molecule has 0 heterocycles. The van der Waals surface area contributed by atoms with Gasteiger partial charge in [-0.15, -0.1) is 0 Å². The average molecular weight is 1060 g/mol. The standard InChI is InChI=1S/C12H16BrFN2O.C11H14ClFN2O.C11H15FN2O.C10H13BrFN3O.CH4/c1-9(15)16-8-10-3-4-12(11(13)7-10)17-6-2-5-14;1-8(14)15-7-9-2-3-11(10(12)6-9)16-5-4-13;1-9(13)14-8-10-2-4-11(5-3-10)15-7-6-12;11-8-5-7(6-15-10(13)14)1-2-9(8)16-4-3-12;/h3-4,7H,2,5-6,8H2,1H3,(H2,15,16);2-3,6H,4-5,7H2,1H3,(H2,14,15);2-5H,6-8H2,1H3,(H2,13,14);1-2,5H,3-4,6H2,(H4,13,14,15);1H4/i14-1;13-1;2*12-1;. The number of alkyl halides is 4. The molecule has 0 aliphatic rings. The number of nitrogens with two attached hydrogens (primary N) is 5. The Bertz CT molecular complexity index is 1980. The third-order valence-electron chi connectivity index (χ3n) is 7.44. The monoisotopic (exact) mass is 1060 g/mol. The van der Waals surface area contributed by atoms with Crippen molar-refractivity contribution in [2.75, 3.05) is 53.1 Å². The number of benzene rings is 4. The second-order valence-corrected chi connectivity index (χ2v) is 15.2. The molecule has 10 N–H and O–H groups in total. The van der Waals surface area contributed by atoms with E-state index in [1.54, 1.807) is 51.1 Å². The van der Waals surface area contributed by atoms with Gasteiger partial charge in [-0.2, -0.15) is 0 Å². The first-order valence-corrected chi connectivity index (χ1v) is 21.6. The smallest absolute Gasteiger partial charge is 0.186 e. The van der Waals surface area contributed by atoms with Gasteiger partial charge in [0.25, 0.3) is 0 Å². The predicted molar refractivity (Wildman–Crippen MR) is 266 cm³/mol. The number of guanidine groups is 1. The van der Waals surface area contributed by atoms with E-state index >= 15 is 0 Å². The van der Waals surface area contributed by atoms with Crippen LogP contribution < -0.4 is 47.6 Å². The van der Waals surface area contributed by atoms with Crippen LogP contribution in [0.15, 0.2) is 108 Å². The Labute approximate surface area is 402 Å². The quantitative estimate of drug-likeness (QED) is 0.0232. The Morgan fingerprint density at radius 3 is 1.26 bits per heavy atom. The highest BCUT2D eigenvalue weighted by Crippen LogP contribution is 2.28. The van der Waals surface area contributed by atoms with Gasteiger partial charge in [0.1, 0.15) is 62.8 Å². The highest BCUT2D eigenvalue weighted by Gasteiger charge is 2.05. The number of aliphatic imine (C=N–C) groups is 4. The van der Waals surface area contributed by atoms with Crippen molar-refractivity contribution in [2.45, 2.75) is 60.8 Å². The fourth-order valence-electron chi connectivity index (χ4n) is 4.49. The maximum Gasteiger partial charge on any atom is 0.186 e. The second-order valence-electron chi connectivity index (χ2n) is 13.1. The van der Waals surface area contributed by atoms with Crippen LogP contribution in [0.25, 0.3) is 0 Å². The van der Waals surface area contributed by atoms with Gasteiger partial charge in [0, 0.05) is 6.42 Å². The van der Waals surface area contributed by atoms with Crippen molar-refractivity contribution in [2.24, 2.45) is 48.6 Å². The van der Waals surface area contributed by atoms with Crippen LogP contribution in [0, 0.1) is 0 Å². The summed E-state index contributed by atoms with van der Waals surface area (Å²) in [5.74, 6) is 4.17. The van der Waals surface area contributed by atoms with Gasteiger partial charge in [0.05, 0.1) is 70.9 Å². The number of hydrogen-bond donors (Lipinski definition) is 5. The summed E-state index contributed by atoms with van der Waals surface area (Å²) in [4.78, 5) is 16.1. The van der Waals surface area contributed by atoms with E-state index in [1.807, 2.05) is 48.5 Å². The molecular weight excluding hydrogens is 998 g/mol. The van der Waals surface area contributed by atoms with Crippen LogP contribution >= 0.6 is 43.5 Å². The lowest BCUT2D eigenvalue weighted by molar-refractivity contribution is 0.272. The molecule has 0 spiro atoms. The molecule has 20 heteroatoms. The van der Waals surface area contributed by atoms with Crippen LogP contribution in [0.1, 0.15) is 56.9 Å². The lowest BCUT2D eigenvalue weighted by atomic mass is 10.2.